The fourth-order valence-electron chi connectivity index (χ4n) is 2.94. The Bertz CT molecular complexity index is 1070. The van der Waals surface area contributed by atoms with Crippen LogP contribution in [-0.2, 0) is 0 Å². The standard InChI is InChI=1S/C24H23BrN2O4/c1-3-30-18-12-10-17(11-13-18)26-23(28)19-7-5-6-8-21(19)27-24(29)20-15-16(25)9-14-22(20)31-4-2/h5-15H,3-4H2,1-2H3,(H,26,28)(H,27,29). The SMILES string of the molecule is CCOc1ccc(NC(=O)c2ccccc2NC(=O)c2cc(Br)ccc2OCC)cc1. The van der Waals surface area contributed by atoms with Gasteiger partial charge in [0.1, 0.15) is 11.5 Å². The summed E-state index contributed by atoms with van der Waals surface area (Å²) in [6.45, 7) is 4.77. The van der Waals surface area contributed by atoms with Gasteiger partial charge in [0.05, 0.1) is 30.0 Å². The van der Waals surface area contributed by atoms with E-state index in [-0.39, 0.29) is 11.8 Å². The van der Waals surface area contributed by atoms with E-state index in [0.29, 0.717) is 41.5 Å². The number of carbonyl (C=O) groups is 2. The van der Waals surface area contributed by atoms with Crippen molar-refractivity contribution < 1.29 is 19.1 Å². The first-order chi connectivity index (χ1) is 15.0. The molecule has 0 aliphatic carbocycles. The minimum atomic E-state index is -0.369. The number of ether oxygens (including phenoxy) is 2. The molecule has 0 spiro atoms. The third-order valence-electron chi connectivity index (χ3n) is 4.33. The first-order valence-corrected chi connectivity index (χ1v) is 10.7. The van der Waals surface area contributed by atoms with Crippen LogP contribution in [0.2, 0.25) is 0 Å². The van der Waals surface area contributed by atoms with Gasteiger partial charge in [0.25, 0.3) is 11.8 Å². The minimum Gasteiger partial charge on any atom is -0.494 e. The molecule has 3 rings (SSSR count). The Hall–Kier alpha value is -3.32. The Balaban J connectivity index is 1.79. The van der Waals surface area contributed by atoms with Crippen LogP contribution in [0, 0.1) is 0 Å². The van der Waals surface area contributed by atoms with E-state index in [9.17, 15) is 9.59 Å². The van der Waals surface area contributed by atoms with Crippen molar-refractivity contribution in [2.75, 3.05) is 23.8 Å². The Morgan fingerprint density at radius 1 is 0.806 bits per heavy atom. The molecule has 7 heteroatoms. The van der Waals surface area contributed by atoms with Gasteiger partial charge in [-0.15, -0.1) is 0 Å². The minimum absolute atomic E-state index is 0.334. The fourth-order valence-corrected chi connectivity index (χ4v) is 3.30. The fraction of sp³-hybridized carbons (Fsp3) is 0.167. The van der Waals surface area contributed by atoms with Gasteiger partial charge in [-0.1, -0.05) is 28.1 Å². The molecule has 2 N–H and O–H groups in total. The maximum absolute atomic E-state index is 12.9. The molecule has 0 fully saturated rings. The van der Waals surface area contributed by atoms with Gasteiger partial charge < -0.3 is 20.1 Å². The molecule has 0 bridgehead atoms. The number of halogens is 1. The van der Waals surface area contributed by atoms with Crippen LogP contribution in [0.1, 0.15) is 34.6 Å². The Kier molecular flexibility index (Phi) is 7.67. The van der Waals surface area contributed by atoms with Crippen molar-refractivity contribution in [3.63, 3.8) is 0 Å². The summed E-state index contributed by atoms with van der Waals surface area (Å²) in [6.07, 6.45) is 0. The number of nitrogens with one attached hydrogen (secondary N) is 2. The van der Waals surface area contributed by atoms with E-state index in [4.69, 9.17) is 9.47 Å². The van der Waals surface area contributed by atoms with Crippen LogP contribution in [0.3, 0.4) is 0 Å². The van der Waals surface area contributed by atoms with Gasteiger partial charge in [0, 0.05) is 10.2 Å². The normalized spacial score (nSPS) is 10.3. The Morgan fingerprint density at radius 2 is 1.48 bits per heavy atom. The van der Waals surface area contributed by atoms with E-state index in [1.54, 1.807) is 66.7 Å². The Morgan fingerprint density at radius 3 is 2.19 bits per heavy atom. The zero-order valence-electron chi connectivity index (χ0n) is 17.3. The molecule has 3 aromatic carbocycles. The van der Waals surface area contributed by atoms with Crippen molar-refractivity contribution in [1.29, 1.82) is 0 Å². The van der Waals surface area contributed by atoms with Gasteiger partial charge in [-0.2, -0.15) is 0 Å². The molecule has 0 radical (unpaired) electrons. The summed E-state index contributed by atoms with van der Waals surface area (Å²) < 4.78 is 11.7. The van der Waals surface area contributed by atoms with Crippen LogP contribution in [-0.4, -0.2) is 25.0 Å². The third-order valence-corrected chi connectivity index (χ3v) is 4.82. The van der Waals surface area contributed by atoms with E-state index in [1.807, 2.05) is 13.8 Å². The highest BCUT2D eigenvalue weighted by atomic mass is 79.9. The average molecular weight is 483 g/mol. The summed E-state index contributed by atoms with van der Waals surface area (Å²) in [6, 6.07) is 19.2. The average Bonchev–Trinajstić information content (AvgIpc) is 2.77. The molecule has 0 saturated carbocycles. The van der Waals surface area contributed by atoms with Gasteiger partial charge in [-0.05, 0) is 68.4 Å². The molecule has 0 atom stereocenters. The third kappa shape index (κ3) is 5.86. The molecule has 0 heterocycles. The lowest BCUT2D eigenvalue weighted by Crippen LogP contribution is -2.19. The van der Waals surface area contributed by atoms with E-state index < -0.39 is 0 Å². The Labute approximate surface area is 189 Å². The number of benzene rings is 3. The van der Waals surface area contributed by atoms with Crippen LogP contribution >= 0.6 is 15.9 Å². The topological polar surface area (TPSA) is 76.7 Å². The summed E-state index contributed by atoms with van der Waals surface area (Å²) in [4.78, 5) is 25.8. The lowest BCUT2D eigenvalue weighted by molar-refractivity contribution is 0.102. The molecular formula is C24H23BrN2O4. The van der Waals surface area contributed by atoms with Gasteiger partial charge in [-0.25, -0.2) is 0 Å². The van der Waals surface area contributed by atoms with E-state index in [2.05, 4.69) is 26.6 Å². The van der Waals surface area contributed by atoms with Crippen LogP contribution in [0.25, 0.3) is 0 Å². The summed E-state index contributed by atoms with van der Waals surface area (Å²) in [5.41, 5.74) is 1.74. The predicted octanol–water partition coefficient (Wildman–Crippen LogP) is 5.75. The van der Waals surface area contributed by atoms with Crippen molar-refractivity contribution in [2.45, 2.75) is 13.8 Å². The van der Waals surface area contributed by atoms with Crippen molar-refractivity contribution in [2.24, 2.45) is 0 Å². The van der Waals surface area contributed by atoms with Crippen LogP contribution < -0.4 is 20.1 Å². The molecule has 2 amide bonds. The highest BCUT2D eigenvalue weighted by Gasteiger charge is 2.17. The first-order valence-electron chi connectivity index (χ1n) is 9.88. The lowest BCUT2D eigenvalue weighted by Gasteiger charge is -2.14. The molecule has 0 aliphatic rings. The lowest BCUT2D eigenvalue weighted by atomic mass is 10.1. The molecule has 0 unspecified atom stereocenters. The first kappa shape index (κ1) is 22.4. The monoisotopic (exact) mass is 482 g/mol. The number of hydrogen-bond donors (Lipinski definition) is 2. The van der Waals surface area contributed by atoms with Crippen molar-refractivity contribution in [3.8, 4) is 11.5 Å². The number of rotatable bonds is 8. The van der Waals surface area contributed by atoms with Crippen LogP contribution in [0.15, 0.2) is 71.2 Å². The maximum Gasteiger partial charge on any atom is 0.259 e. The summed E-state index contributed by atoms with van der Waals surface area (Å²) in [5.74, 6) is 0.497. The number of hydrogen-bond acceptors (Lipinski definition) is 4. The van der Waals surface area contributed by atoms with Crippen LogP contribution in [0.5, 0.6) is 11.5 Å². The zero-order valence-corrected chi connectivity index (χ0v) is 18.9. The summed E-state index contributed by atoms with van der Waals surface area (Å²) in [5, 5.41) is 5.67. The molecule has 160 valence electrons. The van der Waals surface area contributed by atoms with E-state index in [1.165, 1.54) is 0 Å². The van der Waals surface area contributed by atoms with Crippen molar-refractivity contribution in [3.05, 3.63) is 82.3 Å². The number of para-hydroxylation sites is 1. The van der Waals surface area contributed by atoms with Gasteiger partial charge in [-0.3, -0.25) is 9.59 Å². The summed E-state index contributed by atoms with van der Waals surface area (Å²) >= 11 is 3.38. The molecule has 0 aromatic heterocycles. The molecule has 6 nitrogen and oxygen atoms in total. The highest BCUT2D eigenvalue weighted by Crippen LogP contribution is 2.26. The van der Waals surface area contributed by atoms with Gasteiger partial charge >= 0.3 is 0 Å². The number of amides is 2. The van der Waals surface area contributed by atoms with Gasteiger partial charge in [0.15, 0.2) is 0 Å². The molecule has 0 aliphatic heterocycles. The van der Waals surface area contributed by atoms with Crippen molar-refractivity contribution >= 4 is 39.1 Å². The number of anilines is 2. The van der Waals surface area contributed by atoms with Crippen molar-refractivity contribution in [1.82, 2.24) is 0 Å². The largest absolute Gasteiger partial charge is 0.494 e. The predicted molar refractivity (Wildman–Crippen MR) is 125 cm³/mol. The zero-order chi connectivity index (χ0) is 22.2. The summed E-state index contributed by atoms with van der Waals surface area (Å²) in [7, 11) is 0. The second-order valence-electron chi connectivity index (χ2n) is 6.48. The molecule has 0 saturated heterocycles. The number of carbonyl (C=O) groups excluding carboxylic acids is 2. The molecule has 3 aromatic rings. The molecule has 31 heavy (non-hydrogen) atoms. The second-order valence-corrected chi connectivity index (χ2v) is 7.40. The molecular weight excluding hydrogens is 460 g/mol. The van der Waals surface area contributed by atoms with E-state index >= 15 is 0 Å². The highest BCUT2D eigenvalue weighted by molar-refractivity contribution is 9.10. The maximum atomic E-state index is 12.9. The van der Waals surface area contributed by atoms with Crippen LogP contribution in [0.4, 0.5) is 11.4 Å². The van der Waals surface area contributed by atoms with Gasteiger partial charge in [0.2, 0.25) is 0 Å². The van der Waals surface area contributed by atoms with E-state index in [0.717, 1.165) is 10.2 Å². The smallest absolute Gasteiger partial charge is 0.259 e. The second kappa shape index (κ2) is 10.6. The quantitative estimate of drug-likeness (QED) is 0.428.